The minimum atomic E-state index is -0.419. The molecule has 1 aliphatic rings. The van der Waals surface area contributed by atoms with Crippen molar-refractivity contribution in [3.8, 4) is 0 Å². The second-order valence-corrected chi connectivity index (χ2v) is 6.38. The van der Waals surface area contributed by atoms with Crippen LogP contribution in [0.2, 0.25) is 0 Å². The number of methoxy groups -OCH3 is 1. The number of hydrogen-bond acceptors (Lipinski definition) is 4. The number of carbonyl (C=O) groups is 2. The van der Waals surface area contributed by atoms with Gasteiger partial charge >= 0.3 is 5.97 Å². The van der Waals surface area contributed by atoms with Gasteiger partial charge in [0, 0.05) is 17.4 Å². The van der Waals surface area contributed by atoms with Gasteiger partial charge in [0.1, 0.15) is 0 Å². The van der Waals surface area contributed by atoms with Crippen molar-refractivity contribution in [2.24, 2.45) is 0 Å². The van der Waals surface area contributed by atoms with Gasteiger partial charge in [-0.05, 0) is 49.6 Å². The molecule has 0 unspecified atom stereocenters. The van der Waals surface area contributed by atoms with Gasteiger partial charge in [0.25, 0.3) is 0 Å². The number of nitrogens with one attached hydrogen (secondary N) is 1. The Morgan fingerprint density at radius 3 is 2.76 bits per heavy atom. The zero-order chi connectivity index (χ0) is 18.0. The number of para-hydroxylation sites is 1. The Morgan fingerprint density at radius 1 is 1.24 bits per heavy atom. The van der Waals surface area contributed by atoms with E-state index < -0.39 is 5.97 Å². The van der Waals surface area contributed by atoms with Gasteiger partial charge in [-0.15, -0.1) is 0 Å². The summed E-state index contributed by atoms with van der Waals surface area (Å²) in [6.45, 7) is 4.29. The van der Waals surface area contributed by atoms with Crippen molar-refractivity contribution in [1.82, 2.24) is 0 Å². The Morgan fingerprint density at radius 2 is 2.00 bits per heavy atom. The molecule has 0 bridgehead atoms. The fraction of sp³-hybridized carbons (Fsp3) is 0.300. The standard InChI is InChI=1S/C20H22N2O3/c1-13-8-9-16(20(24)25-3)11-17(13)21-19(23)12-22-14(2)10-15-6-4-5-7-18(15)22/h4-9,11,14H,10,12H2,1-3H3,(H,21,23)/t14-/m0/s1. The summed E-state index contributed by atoms with van der Waals surface area (Å²) in [7, 11) is 1.34. The van der Waals surface area contributed by atoms with E-state index in [0.29, 0.717) is 11.3 Å². The number of fused-ring (bicyclic) bond motifs is 1. The maximum Gasteiger partial charge on any atom is 0.337 e. The smallest absolute Gasteiger partial charge is 0.337 e. The molecular formula is C20H22N2O3. The third kappa shape index (κ3) is 3.50. The number of aryl methyl sites for hydroxylation is 1. The number of ether oxygens (including phenoxy) is 1. The highest BCUT2D eigenvalue weighted by Gasteiger charge is 2.27. The Bertz CT molecular complexity index is 816. The molecule has 130 valence electrons. The highest BCUT2D eigenvalue weighted by molar-refractivity contribution is 5.97. The minimum absolute atomic E-state index is 0.103. The second kappa shape index (κ2) is 6.97. The number of esters is 1. The number of anilines is 2. The zero-order valence-electron chi connectivity index (χ0n) is 14.7. The lowest BCUT2D eigenvalue weighted by Gasteiger charge is -2.24. The molecule has 1 atom stereocenters. The molecule has 25 heavy (non-hydrogen) atoms. The molecule has 0 spiro atoms. The number of carbonyl (C=O) groups excluding carboxylic acids is 2. The molecule has 3 rings (SSSR count). The summed E-state index contributed by atoms with van der Waals surface area (Å²) in [5.74, 6) is -0.522. The molecule has 0 radical (unpaired) electrons. The first-order valence-electron chi connectivity index (χ1n) is 8.33. The molecule has 0 fully saturated rings. The summed E-state index contributed by atoms with van der Waals surface area (Å²) < 4.78 is 4.74. The normalized spacial score (nSPS) is 15.6. The average Bonchev–Trinajstić information content (AvgIpc) is 2.92. The van der Waals surface area contributed by atoms with Gasteiger partial charge in [0.15, 0.2) is 0 Å². The van der Waals surface area contributed by atoms with Gasteiger partial charge in [-0.1, -0.05) is 24.3 Å². The summed E-state index contributed by atoms with van der Waals surface area (Å²) in [6, 6.07) is 13.6. The van der Waals surface area contributed by atoms with Crippen LogP contribution >= 0.6 is 0 Å². The Labute approximate surface area is 147 Å². The van der Waals surface area contributed by atoms with Crippen molar-refractivity contribution in [1.29, 1.82) is 0 Å². The predicted octanol–water partition coefficient (Wildman–Crippen LogP) is 3.17. The Balaban J connectivity index is 1.74. The average molecular weight is 338 g/mol. The van der Waals surface area contributed by atoms with Gasteiger partial charge in [0.05, 0.1) is 19.2 Å². The van der Waals surface area contributed by atoms with Crippen LogP contribution in [0.15, 0.2) is 42.5 Å². The van der Waals surface area contributed by atoms with E-state index in [1.807, 2.05) is 19.1 Å². The van der Waals surface area contributed by atoms with Crippen LogP contribution in [0.5, 0.6) is 0 Å². The van der Waals surface area contributed by atoms with Crippen LogP contribution in [-0.2, 0) is 16.0 Å². The summed E-state index contributed by atoms with van der Waals surface area (Å²) in [5.41, 5.74) is 4.34. The highest BCUT2D eigenvalue weighted by Crippen LogP contribution is 2.31. The van der Waals surface area contributed by atoms with Crippen molar-refractivity contribution in [2.75, 3.05) is 23.9 Å². The monoisotopic (exact) mass is 338 g/mol. The molecule has 0 saturated carbocycles. The molecule has 1 amide bonds. The van der Waals surface area contributed by atoms with E-state index in [1.165, 1.54) is 12.7 Å². The number of benzene rings is 2. The lowest BCUT2D eigenvalue weighted by atomic mass is 10.1. The van der Waals surface area contributed by atoms with Crippen molar-refractivity contribution in [3.05, 3.63) is 59.2 Å². The summed E-state index contributed by atoms with van der Waals surface area (Å²) in [4.78, 5) is 26.4. The van der Waals surface area contributed by atoms with Gasteiger partial charge < -0.3 is 15.0 Å². The SMILES string of the molecule is COC(=O)c1ccc(C)c(NC(=O)CN2c3ccccc3C[C@@H]2C)c1. The zero-order valence-corrected chi connectivity index (χ0v) is 14.7. The van der Waals surface area contributed by atoms with Crippen LogP contribution in [0.3, 0.4) is 0 Å². The third-order valence-electron chi connectivity index (χ3n) is 4.60. The van der Waals surface area contributed by atoms with Gasteiger partial charge in [0.2, 0.25) is 5.91 Å². The van der Waals surface area contributed by atoms with E-state index >= 15 is 0 Å². The molecule has 1 aliphatic heterocycles. The Kier molecular flexibility index (Phi) is 4.74. The van der Waals surface area contributed by atoms with E-state index in [-0.39, 0.29) is 18.5 Å². The van der Waals surface area contributed by atoms with Gasteiger partial charge in [-0.3, -0.25) is 4.79 Å². The van der Waals surface area contributed by atoms with E-state index in [0.717, 1.165) is 17.7 Å². The molecule has 2 aromatic carbocycles. The predicted molar refractivity (Wildman–Crippen MR) is 98.1 cm³/mol. The first kappa shape index (κ1) is 17.0. The van der Waals surface area contributed by atoms with Crippen molar-refractivity contribution in [2.45, 2.75) is 26.3 Å². The molecular weight excluding hydrogens is 316 g/mol. The Hall–Kier alpha value is -2.82. The molecule has 0 aromatic heterocycles. The maximum atomic E-state index is 12.6. The summed E-state index contributed by atoms with van der Waals surface area (Å²) in [6.07, 6.45) is 0.945. The minimum Gasteiger partial charge on any atom is -0.465 e. The van der Waals surface area contributed by atoms with E-state index in [9.17, 15) is 9.59 Å². The van der Waals surface area contributed by atoms with E-state index in [4.69, 9.17) is 4.74 Å². The van der Waals surface area contributed by atoms with Gasteiger partial charge in [-0.25, -0.2) is 4.79 Å². The van der Waals surface area contributed by atoms with Crippen LogP contribution in [0, 0.1) is 6.92 Å². The molecule has 1 heterocycles. The number of amides is 1. The lowest BCUT2D eigenvalue weighted by molar-refractivity contribution is -0.115. The maximum absolute atomic E-state index is 12.6. The fourth-order valence-electron chi connectivity index (χ4n) is 3.22. The molecule has 0 aliphatic carbocycles. The van der Waals surface area contributed by atoms with Crippen LogP contribution in [0.25, 0.3) is 0 Å². The van der Waals surface area contributed by atoms with Gasteiger partial charge in [-0.2, -0.15) is 0 Å². The molecule has 1 N–H and O–H groups in total. The van der Waals surface area contributed by atoms with Crippen LogP contribution in [0.4, 0.5) is 11.4 Å². The molecule has 2 aromatic rings. The van der Waals surface area contributed by atoms with Crippen LogP contribution in [0.1, 0.15) is 28.4 Å². The first-order valence-corrected chi connectivity index (χ1v) is 8.33. The third-order valence-corrected chi connectivity index (χ3v) is 4.60. The second-order valence-electron chi connectivity index (χ2n) is 6.38. The fourth-order valence-corrected chi connectivity index (χ4v) is 3.22. The molecule has 0 saturated heterocycles. The van der Waals surface area contributed by atoms with Crippen molar-refractivity contribution < 1.29 is 14.3 Å². The first-order chi connectivity index (χ1) is 12.0. The van der Waals surface area contributed by atoms with E-state index in [2.05, 4.69) is 29.3 Å². The summed E-state index contributed by atoms with van der Waals surface area (Å²) in [5, 5.41) is 2.92. The highest BCUT2D eigenvalue weighted by atomic mass is 16.5. The molecule has 5 heteroatoms. The quantitative estimate of drug-likeness (QED) is 0.870. The number of nitrogens with zero attached hydrogens (tertiary/aromatic N) is 1. The summed E-state index contributed by atoms with van der Waals surface area (Å²) >= 11 is 0. The lowest BCUT2D eigenvalue weighted by Crippen LogP contribution is -2.37. The molecule has 5 nitrogen and oxygen atoms in total. The number of hydrogen-bond donors (Lipinski definition) is 1. The largest absolute Gasteiger partial charge is 0.465 e. The number of rotatable bonds is 4. The van der Waals surface area contributed by atoms with Crippen LogP contribution < -0.4 is 10.2 Å². The van der Waals surface area contributed by atoms with E-state index in [1.54, 1.807) is 18.2 Å². The van der Waals surface area contributed by atoms with Crippen LogP contribution in [-0.4, -0.2) is 31.6 Å². The van der Waals surface area contributed by atoms with Crippen molar-refractivity contribution >= 4 is 23.3 Å². The van der Waals surface area contributed by atoms with Crippen molar-refractivity contribution in [3.63, 3.8) is 0 Å². The topological polar surface area (TPSA) is 58.6 Å².